The molecule has 0 bridgehead atoms. The van der Waals surface area contributed by atoms with E-state index in [1.165, 1.54) is 0 Å². The smallest absolute Gasteiger partial charge is 0.239 e. The molecule has 0 spiro atoms. The van der Waals surface area contributed by atoms with E-state index in [1.807, 2.05) is 0 Å². The minimum Gasteiger partial charge on any atom is -0.367 e. The molecular weight excluding hydrogens is 168 g/mol. The van der Waals surface area contributed by atoms with Crippen LogP contribution in [-0.2, 0) is 6.54 Å². The number of piperazine rings is 1. The van der Waals surface area contributed by atoms with Gasteiger partial charge in [0.1, 0.15) is 5.82 Å². The molecule has 2 rings (SSSR count). The zero-order valence-electron chi connectivity index (χ0n) is 7.45. The normalized spacial score (nSPS) is 19.1. The highest BCUT2D eigenvalue weighted by atomic mass is 15.3. The molecule has 0 aromatic carbocycles. The van der Waals surface area contributed by atoms with Crippen molar-refractivity contribution in [1.82, 2.24) is 25.4 Å². The van der Waals surface area contributed by atoms with Crippen LogP contribution in [0.2, 0.25) is 0 Å². The number of anilines is 1. The van der Waals surface area contributed by atoms with Gasteiger partial charge in [0.2, 0.25) is 5.95 Å². The lowest BCUT2D eigenvalue weighted by molar-refractivity contribution is 0.228. The molecular formula is C7H14N6. The van der Waals surface area contributed by atoms with Crippen molar-refractivity contribution in [2.24, 2.45) is 0 Å². The van der Waals surface area contributed by atoms with E-state index in [1.54, 1.807) is 0 Å². The van der Waals surface area contributed by atoms with Crippen molar-refractivity contribution in [3.05, 3.63) is 5.82 Å². The first-order chi connectivity index (χ1) is 6.34. The summed E-state index contributed by atoms with van der Waals surface area (Å²) >= 11 is 0. The predicted molar refractivity (Wildman–Crippen MR) is 48.9 cm³/mol. The Morgan fingerprint density at radius 1 is 1.38 bits per heavy atom. The maximum Gasteiger partial charge on any atom is 0.239 e. The molecule has 1 aliphatic heterocycles. The summed E-state index contributed by atoms with van der Waals surface area (Å²) in [6.45, 7) is 5.01. The van der Waals surface area contributed by atoms with Gasteiger partial charge in [-0.2, -0.15) is 4.98 Å². The Morgan fingerprint density at radius 2 is 2.15 bits per heavy atom. The van der Waals surface area contributed by atoms with Gasteiger partial charge in [-0.1, -0.05) is 0 Å². The molecule has 2 heterocycles. The van der Waals surface area contributed by atoms with Crippen LogP contribution in [0.4, 0.5) is 5.95 Å². The largest absolute Gasteiger partial charge is 0.367 e. The van der Waals surface area contributed by atoms with Gasteiger partial charge in [0.05, 0.1) is 6.54 Å². The molecule has 1 aromatic rings. The standard InChI is InChI=1S/C7H14N6/c8-7-10-6(11-12-7)5-13-3-1-9-2-4-13/h9H,1-5H2,(H3,8,10,11,12). The maximum atomic E-state index is 5.40. The molecule has 0 radical (unpaired) electrons. The van der Waals surface area contributed by atoms with Crippen molar-refractivity contribution in [1.29, 1.82) is 0 Å². The van der Waals surface area contributed by atoms with Crippen LogP contribution >= 0.6 is 0 Å². The summed E-state index contributed by atoms with van der Waals surface area (Å²) in [5.74, 6) is 1.17. The van der Waals surface area contributed by atoms with Crippen molar-refractivity contribution >= 4 is 5.95 Å². The zero-order chi connectivity index (χ0) is 9.10. The van der Waals surface area contributed by atoms with Crippen molar-refractivity contribution in [3.8, 4) is 0 Å². The number of nitrogen functional groups attached to an aromatic ring is 1. The molecule has 0 atom stereocenters. The van der Waals surface area contributed by atoms with Gasteiger partial charge in [0, 0.05) is 26.2 Å². The molecule has 1 aliphatic rings. The summed E-state index contributed by atoms with van der Waals surface area (Å²) in [6, 6.07) is 0. The Labute approximate surface area is 76.5 Å². The number of hydrogen-bond donors (Lipinski definition) is 3. The van der Waals surface area contributed by atoms with E-state index in [0.29, 0.717) is 5.95 Å². The number of rotatable bonds is 2. The second-order valence-corrected chi connectivity index (χ2v) is 3.17. The Kier molecular flexibility index (Phi) is 2.42. The Hall–Kier alpha value is -1.14. The van der Waals surface area contributed by atoms with E-state index < -0.39 is 0 Å². The highest BCUT2D eigenvalue weighted by Gasteiger charge is 2.11. The number of nitrogens with two attached hydrogens (primary N) is 1. The van der Waals surface area contributed by atoms with Crippen LogP contribution in [0.15, 0.2) is 0 Å². The van der Waals surface area contributed by atoms with Crippen LogP contribution < -0.4 is 11.1 Å². The summed E-state index contributed by atoms with van der Waals surface area (Å²) < 4.78 is 0. The minimum atomic E-state index is 0.324. The Bertz CT molecular complexity index is 264. The molecule has 1 aromatic heterocycles. The van der Waals surface area contributed by atoms with Gasteiger partial charge < -0.3 is 11.1 Å². The predicted octanol–water partition coefficient (Wildman–Crippen LogP) is -1.21. The molecule has 1 fully saturated rings. The summed E-state index contributed by atoms with van der Waals surface area (Å²) in [6.07, 6.45) is 0. The van der Waals surface area contributed by atoms with E-state index in [-0.39, 0.29) is 0 Å². The number of nitrogens with one attached hydrogen (secondary N) is 2. The van der Waals surface area contributed by atoms with Gasteiger partial charge in [-0.25, -0.2) is 0 Å². The second-order valence-electron chi connectivity index (χ2n) is 3.17. The highest BCUT2D eigenvalue weighted by Crippen LogP contribution is 2.00. The van der Waals surface area contributed by atoms with Gasteiger partial charge in [-0.15, -0.1) is 5.10 Å². The molecule has 0 amide bonds. The lowest BCUT2D eigenvalue weighted by Crippen LogP contribution is -2.43. The monoisotopic (exact) mass is 182 g/mol. The zero-order valence-corrected chi connectivity index (χ0v) is 7.45. The van der Waals surface area contributed by atoms with Crippen LogP contribution in [0.25, 0.3) is 0 Å². The molecule has 13 heavy (non-hydrogen) atoms. The SMILES string of the molecule is Nc1n[nH]c(CN2CCNCC2)n1. The van der Waals surface area contributed by atoms with Crippen LogP contribution in [0.1, 0.15) is 5.82 Å². The van der Waals surface area contributed by atoms with Gasteiger partial charge in [-0.05, 0) is 0 Å². The maximum absolute atomic E-state index is 5.40. The van der Waals surface area contributed by atoms with E-state index in [2.05, 4.69) is 25.4 Å². The summed E-state index contributed by atoms with van der Waals surface area (Å²) in [5.41, 5.74) is 5.40. The fraction of sp³-hybridized carbons (Fsp3) is 0.714. The molecule has 6 heteroatoms. The fourth-order valence-corrected chi connectivity index (χ4v) is 1.46. The molecule has 6 nitrogen and oxygen atoms in total. The Balaban J connectivity index is 1.89. The Morgan fingerprint density at radius 3 is 2.77 bits per heavy atom. The van der Waals surface area contributed by atoms with Gasteiger partial charge >= 0.3 is 0 Å². The van der Waals surface area contributed by atoms with Crippen LogP contribution in [-0.4, -0.2) is 46.3 Å². The lowest BCUT2D eigenvalue weighted by Gasteiger charge is -2.25. The second kappa shape index (κ2) is 3.71. The van der Waals surface area contributed by atoms with Crippen LogP contribution in [0.3, 0.4) is 0 Å². The number of H-pyrrole nitrogens is 1. The third-order valence-corrected chi connectivity index (χ3v) is 2.13. The number of aromatic nitrogens is 3. The van der Waals surface area contributed by atoms with Crippen molar-refractivity contribution in [2.45, 2.75) is 6.54 Å². The summed E-state index contributed by atoms with van der Waals surface area (Å²) in [7, 11) is 0. The first kappa shape index (κ1) is 8.46. The van der Waals surface area contributed by atoms with Gasteiger partial charge in [0.25, 0.3) is 0 Å². The molecule has 1 saturated heterocycles. The van der Waals surface area contributed by atoms with E-state index >= 15 is 0 Å². The first-order valence-electron chi connectivity index (χ1n) is 4.44. The number of hydrogen-bond acceptors (Lipinski definition) is 5. The fourth-order valence-electron chi connectivity index (χ4n) is 1.46. The molecule has 0 unspecified atom stereocenters. The van der Waals surface area contributed by atoms with Crippen LogP contribution in [0.5, 0.6) is 0 Å². The van der Waals surface area contributed by atoms with Gasteiger partial charge in [0.15, 0.2) is 0 Å². The topological polar surface area (TPSA) is 82.9 Å². The average molecular weight is 182 g/mol. The molecule has 0 aliphatic carbocycles. The van der Waals surface area contributed by atoms with Crippen molar-refractivity contribution < 1.29 is 0 Å². The number of aromatic amines is 1. The molecule has 72 valence electrons. The van der Waals surface area contributed by atoms with Crippen LogP contribution in [0, 0.1) is 0 Å². The van der Waals surface area contributed by atoms with Crippen molar-refractivity contribution in [3.63, 3.8) is 0 Å². The summed E-state index contributed by atoms with van der Waals surface area (Å²) in [5, 5.41) is 9.88. The minimum absolute atomic E-state index is 0.324. The summed E-state index contributed by atoms with van der Waals surface area (Å²) in [4.78, 5) is 6.37. The van der Waals surface area contributed by atoms with Gasteiger partial charge in [-0.3, -0.25) is 10.00 Å². The first-order valence-corrected chi connectivity index (χ1v) is 4.44. The lowest BCUT2D eigenvalue weighted by atomic mass is 10.3. The average Bonchev–Trinajstić information content (AvgIpc) is 2.53. The van der Waals surface area contributed by atoms with E-state index in [0.717, 1.165) is 38.5 Å². The van der Waals surface area contributed by atoms with E-state index in [9.17, 15) is 0 Å². The van der Waals surface area contributed by atoms with E-state index in [4.69, 9.17) is 5.73 Å². The molecule has 4 N–H and O–H groups in total. The third kappa shape index (κ3) is 2.16. The van der Waals surface area contributed by atoms with Crippen molar-refractivity contribution in [2.75, 3.05) is 31.9 Å². The molecule has 0 saturated carbocycles. The quantitative estimate of drug-likeness (QED) is 0.534. The third-order valence-electron chi connectivity index (χ3n) is 2.13. The highest BCUT2D eigenvalue weighted by molar-refractivity contribution is 5.12. The number of nitrogens with zero attached hydrogens (tertiary/aromatic N) is 3.